The monoisotopic (exact) mass is 272 g/mol. The SMILES string of the molecule is CC1CC(C)C[NH+](CC(=O)C2CCC(Cl)CC2)C1. The zero-order valence-electron chi connectivity index (χ0n) is 11.8. The van der Waals surface area contributed by atoms with Crippen LogP contribution >= 0.6 is 11.6 Å². The van der Waals surface area contributed by atoms with Gasteiger partial charge in [-0.05, 0) is 32.1 Å². The first-order chi connectivity index (χ1) is 8.54. The number of quaternary nitrogens is 1. The van der Waals surface area contributed by atoms with Gasteiger partial charge in [-0.1, -0.05) is 13.8 Å². The van der Waals surface area contributed by atoms with Crippen molar-refractivity contribution in [2.75, 3.05) is 19.6 Å². The van der Waals surface area contributed by atoms with Crippen molar-refractivity contribution in [2.45, 2.75) is 51.3 Å². The maximum absolute atomic E-state index is 12.3. The van der Waals surface area contributed by atoms with Gasteiger partial charge in [0.25, 0.3) is 0 Å². The van der Waals surface area contributed by atoms with Crippen LogP contribution in [0, 0.1) is 17.8 Å². The van der Waals surface area contributed by atoms with Crippen molar-refractivity contribution in [3.8, 4) is 0 Å². The van der Waals surface area contributed by atoms with Gasteiger partial charge in [0.1, 0.15) is 6.54 Å². The molecule has 2 unspecified atom stereocenters. The Balaban J connectivity index is 1.80. The van der Waals surface area contributed by atoms with E-state index in [2.05, 4.69) is 13.8 Å². The summed E-state index contributed by atoms with van der Waals surface area (Å²) in [4.78, 5) is 13.8. The minimum absolute atomic E-state index is 0.306. The number of hydrogen-bond donors (Lipinski definition) is 1. The number of carbonyl (C=O) groups is 1. The Morgan fingerprint density at radius 2 is 1.67 bits per heavy atom. The summed E-state index contributed by atoms with van der Waals surface area (Å²) in [5, 5.41) is 0.316. The van der Waals surface area contributed by atoms with Crippen LogP contribution in [0.2, 0.25) is 0 Å². The predicted molar refractivity (Wildman–Crippen MR) is 75.1 cm³/mol. The molecule has 0 aromatic rings. The van der Waals surface area contributed by atoms with Crippen molar-refractivity contribution >= 4 is 17.4 Å². The van der Waals surface area contributed by atoms with Crippen LogP contribution in [0.5, 0.6) is 0 Å². The summed E-state index contributed by atoms with van der Waals surface area (Å²) in [6, 6.07) is 0. The Morgan fingerprint density at radius 1 is 1.11 bits per heavy atom. The van der Waals surface area contributed by atoms with Gasteiger partial charge in [0.05, 0.1) is 13.1 Å². The molecule has 1 saturated heterocycles. The number of piperidine rings is 1. The predicted octanol–water partition coefficient (Wildman–Crippen LogP) is 1.91. The van der Waals surface area contributed by atoms with E-state index in [0.717, 1.165) is 44.1 Å². The van der Waals surface area contributed by atoms with E-state index >= 15 is 0 Å². The summed E-state index contributed by atoms with van der Waals surface area (Å²) in [5.41, 5.74) is 0. The van der Waals surface area contributed by atoms with Crippen molar-refractivity contribution in [3.05, 3.63) is 0 Å². The number of carbonyl (C=O) groups excluding carboxylic acids is 1. The van der Waals surface area contributed by atoms with Crippen LogP contribution in [0.15, 0.2) is 0 Å². The third kappa shape index (κ3) is 3.96. The first kappa shape index (κ1) is 14.3. The highest BCUT2D eigenvalue weighted by atomic mass is 35.5. The van der Waals surface area contributed by atoms with Gasteiger partial charge in [-0.25, -0.2) is 0 Å². The minimum atomic E-state index is 0.306. The number of rotatable bonds is 3. The Labute approximate surface area is 116 Å². The summed E-state index contributed by atoms with van der Waals surface area (Å²) in [7, 11) is 0. The molecule has 1 heterocycles. The first-order valence-corrected chi connectivity index (χ1v) is 7.98. The molecule has 1 aliphatic heterocycles. The molecule has 0 aromatic carbocycles. The molecule has 1 N–H and O–H groups in total. The van der Waals surface area contributed by atoms with Gasteiger partial charge < -0.3 is 4.90 Å². The van der Waals surface area contributed by atoms with Crippen LogP contribution in [0.25, 0.3) is 0 Å². The standard InChI is InChI=1S/C15H26ClNO/c1-11-7-12(2)9-17(8-11)10-15(18)13-3-5-14(16)6-4-13/h11-14H,3-10H2,1-2H3/p+1. The molecule has 2 fully saturated rings. The van der Waals surface area contributed by atoms with Gasteiger partial charge >= 0.3 is 0 Å². The summed E-state index contributed by atoms with van der Waals surface area (Å²) in [5.74, 6) is 2.35. The van der Waals surface area contributed by atoms with Gasteiger partial charge in [-0.2, -0.15) is 0 Å². The first-order valence-electron chi connectivity index (χ1n) is 7.55. The Morgan fingerprint density at radius 3 is 2.22 bits per heavy atom. The number of halogens is 1. The fourth-order valence-electron chi connectivity index (χ4n) is 3.83. The van der Waals surface area contributed by atoms with E-state index < -0.39 is 0 Å². The van der Waals surface area contributed by atoms with E-state index in [1.54, 1.807) is 0 Å². The van der Waals surface area contributed by atoms with Gasteiger partial charge in [0.15, 0.2) is 5.78 Å². The van der Waals surface area contributed by atoms with E-state index in [1.807, 2.05) is 0 Å². The fourth-order valence-corrected chi connectivity index (χ4v) is 4.08. The zero-order valence-corrected chi connectivity index (χ0v) is 12.5. The molecular formula is C15H27ClNO+. The minimum Gasteiger partial charge on any atom is -0.328 e. The summed E-state index contributed by atoms with van der Waals surface area (Å²) >= 11 is 6.10. The average molecular weight is 273 g/mol. The number of alkyl halides is 1. The van der Waals surface area contributed by atoms with E-state index in [-0.39, 0.29) is 0 Å². The summed E-state index contributed by atoms with van der Waals surface area (Å²) in [6.07, 6.45) is 5.42. The van der Waals surface area contributed by atoms with Crippen LogP contribution in [-0.2, 0) is 4.79 Å². The number of likely N-dealkylation sites (tertiary alicyclic amines) is 1. The second kappa shape index (κ2) is 6.38. The molecule has 0 bridgehead atoms. The Kier molecular flexibility index (Phi) is 5.08. The quantitative estimate of drug-likeness (QED) is 0.779. The van der Waals surface area contributed by atoms with Gasteiger partial charge in [-0.15, -0.1) is 11.6 Å². The molecule has 1 aliphatic carbocycles. The molecule has 2 atom stereocenters. The highest BCUT2D eigenvalue weighted by Crippen LogP contribution is 2.27. The molecule has 1 saturated carbocycles. The maximum Gasteiger partial charge on any atom is 0.189 e. The number of nitrogens with one attached hydrogen (secondary N) is 1. The van der Waals surface area contributed by atoms with Crippen molar-refractivity contribution in [1.29, 1.82) is 0 Å². The largest absolute Gasteiger partial charge is 0.328 e. The van der Waals surface area contributed by atoms with Crippen molar-refractivity contribution in [2.24, 2.45) is 17.8 Å². The zero-order chi connectivity index (χ0) is 13.1. The highest BCUT2D eigenvalue weighted by molar-refractivity contribution is 6.20. The number of ketones is 1. The van der Waals surface area contributed by atoms with Crippen LogP contribution in [0.1, 0.15) is 46.0 Å². The third-order valence-corrected chi connectivity index (χ3v) is 5.05. The normalized spacial score (nSPS) is 41.6. The fraction of sp³-hybridized carbons (Fsp3) is 0.933. The van der Waals surface area contributed by atoms with E-state index in [0.29, 0.717) is 17.1 Å². The lowest BCUT2D eigenvalue weighted by molar-refractivity contribution is -0.904. The van der Waals surface area contributed by atoms with Crippen molar-refractivity contribution in [1.82, 2.24) is 0 Å². The lowest BCUT2D eigenvalue weighted by Gasteiger charge is -2.33. The molecular weight excluding hydrogens is 246 g/mol. The Hall–Kier alpha value is -0.0800. The van der Waals surface area contributed by atoms with Crippen LogP contribution in [0.3, 0.4) is 0 Å². The van der Waals surface area contributed by atoms with Crippen molar-refractivity contribution in [3.63, 3.8) is 0 Å². The third-order valence-electron chi connectivity index (χ3n) is 4.62. The topological polar surface area (TPSA) is 21.5 Å². The average Bonchev–Trinajstić information content (AvgIpc) is 2.28. The second-order valence-electron chi connectivity index (χ2n) is 6.70. The van der Waals surface area contributed by atoms with Gasteiger partial charge in [-0.3, -0.25) is 4.79 Å². The van der Waals surface area contributed by atoms with Gasteiger partial charge in [0, 0.05) is 23.1 Å². The number of Topliss-reactive ketones (excluding diaryl/α,β-unsaturated/α-hetero) is 1. The second-order valence-corrected chi connectivity index (χ2v) is 7.31. The summed E-state index contributed by atoms with van der Waals surface area (Å²) < 4.78 is 0. The molecule has 0 amide bonds. The molecule has 18 heavy (non-hydrogen) atoms. The van der Waals surface area contributed by atoms with E-state index in [1.165, 1.54) is 24.4 Å². The maximum atomic E-state index is 12.3. The van der Waals surface area contributed by atoms with Crippen LogP contribution < -0.4 is 4.90 Å². The lowest BCUT2D eigenvalue weighted by Crippen LogP contribution is -3.15. The molecule has 2 rings (SSSR count). The molecule has 2 aliphatic rings. The molecule has 2 nitrogen and oxygen atoms in total. The number of hydrogen-bond acceptors (Lipinski definition) is 1. The lowest BCUT2D eigenvalue weighted by atomic mass is 9.85. The van der Waals surface area contributed by atoms with Crippen LogP contribution in [0.4, 0.5) is 0 Å². The molecule has 0 spiro atoms. The molecule has 0 radical (unpaired) electrons. The highest BCUT2D eigenvalue weighted by Gasteiger charge is 2.31. The molecule has 3 heteroatoms. The van der Waals surface area contributed by atoms with E-state index in [4.69, 9.17) is 11.6 Å². The van der Waals surface area contributed by atoms with Gasteiger partial charge in [0.2, 0.25) is 0 Å². The van der Waals surface area contributed by atoms with Crippen LogP contribution in [-0.4, -0.2) is 30.8 Å². The van der Waals surface area contributed by atoms with Crippen molar-refractivity contribution < 1.29 is 9.69 Å². The molecule has 104 valence electrons. The van der Waals surface area contributed by atoms with E-state index in [9.17, 15) is 4.79 Å². The summed E-state index contributed by atoms with van der Waals surface area (Å²) in [6.45, 7) is 7.76. The Bertz CT molecular complexity index is 276. The smallest absolute Gasteiger partial charge is 0.189 e. The molecule has 0 aromatic heterocycles.